The summed E-state index contributed by atoms with van der Waals surface area (Å²) in [4.78, 5) is 12.3. The first kappa shape index (κ1) is 17.9. The van der Waals surface area contributed by atoms with Crippen LogP contribution >= 0.6 is 0 Å². The highest BCUT2D eigenvalue weighted by Crippen LogP contribution is 2.24. The lowest BCUT2D eigenvalue weighted by atomic mass is 10.0. The minimum Gasteiger partial charge on any atom is -0.353 e. The van der Waals surface area contributed by atoms with Crippen LogP contribution in [-0.2, 0) is 21.2 Å². The Morgan fingerprint density at radius 2 is 1.78 bits per heavy atom. The number of benzene rings is 1. The average Bonchev–Trinajstić information content (AvgIpc) is 2.46. The van der Waals surface area contributed by atoms with Crippen molar-refractivity contribution in [2.45, 2.75) is 45.1 Å². The third-order valence-corrected chi connectivity index (χ3v) is 5.91. The van der Waals surface area contributed by atoms with Crippen LogP contribution in [0.4, 0.5) is 0 Å². The van der Waals surface area contributed by atoms with Crippen molar-refractivity contribution < 1.29 is 13.2 Å². The standard InChI is InChI=1S/C17H26N2O3S/c1-12(2)11-14-5-7-15(8-6-14)23(21,22)19-10-9-18-17(20)16(19)13(3)4/h5-8,12-13,16H,9-11H2,1-4H3,(H,18,20). The first-order valence-electron chi connectivity index (χ1n) is 8.12. The number of amides is 1. The summed E-state index contributed by atoms with van der Waals surface area (Å²) in [7, 11) is -3.66. The number of piperazine rings is 1. The lowest BCUT2D eigenvalue weighted by molar-refractivity contribution is -0.128. The zero-order valence-corrected chi connectivity index (χ0v) is 15.1. The second-order valence-electron chi connectivity index (χ2n) is 6.84. The molecule has 1 aromatic carbocycles. The Hall–Kier alpha value is -1.40. The summed E-state index contributed by atoms with van der Waals surface area (Å²) in [6.07, 6.45) is 0.918. The molecule has 1 N–H and O–H groups in total. The van der Waals surface area contributed by atoms with Crippen LogP contribution in [0.15, 0.2) is 29.2 Å². The summed E-state index contributed by atoms with van der Waals surface area (Å²) in [5.41, 5.74) is 1.12. The lowest BCUT2D eigenvalue weighted by Crippen LogP contribution is -2.58. The molecule has 128 valence electrons. The molecule has 23 heavy (non-hydrogen) atoms. The molecule has 1 fully saturated rings. The van der Waals surface area contributed by atoms with E-state index in [4.69, 9.17) is 0 Å². The fourth-order valence-electron chi connectivity index (χ4n) is 2.97. The third-order valence-electron chi connectivity index (χ3n) is 4.02. The molecule has 5 nitrogen and oxygen atoms in total. The zero-order valence-electron chi connectivity index (χ0n) is 14.2. The Morgan fingerprint density at radius 3 is 2.30 bits per heavy atom. The predicted molar refractivity (Wildman–Crippen MR) is 90.5 cm³/mol. The van der Waals surface area contributed by atoms with Crippen LogP contribution in [0.3, 0.4) is 0 Å². The molecular formula is C17H26N2O3S. The summed E-state index contributed by atoms with van der Waals surface area (Å²) in [6, 6.07) is 6.38. The third kappa shape index (κ3) is 3.93. The van der Waals surface area contributed by atoms with Gasteiger partial charge in [-0.05, 0) is 36.0 Å². The van der Waals surface area contributed by atoms with Crippen LogP contribution in [-0.4, -0.2) is 37.8 Å². The fraction of sp³-hybridized carbons (Fsp3) is 0.588. The maximum atomic E-state index is 12.9. The maximum absolute atomic E-state index is 12.9. The molecule has 1 amide bonds. The molecule has 2 rings (SSSR count). The molecule has 1 aliphatic rings. The first-order chi connectivity index (χ1) is 10.7. The fourth-order valence-corrected chi connectivity index (χ4v) is 4.69. The van der Waals surface area contributed by atoms with Gasteiger partial charge in [0.1, 0.15) is 6.04 Å². The molecule has 1 unspecified atom stereocenters. The number of sulfonamides is 1. The summed E-state index contributed by atoms with van der Waals surface area (Å²) >= 11 is 0. The Bertz CT molecular complexity index is 651. The second-order valence-corrected chi connectivity index (χ2v) is 8.73. The van der Waals surface area contributed by atoms with Crippen molar-refractivity contribution in [2.75, 3.05) is 13.1 Å². The van der Waals surface area contributed by atoms with Gasteiger partial charge in [0.05, 0.1) is 4.90 Å². The SMILES string of the molecule is CC(C)Cc1ccc(S(=O)(=O)N2CCNC(=O)C2C(C)C)cc1. The Kier molecular flexibility index (Phi) is 5.47. The molecule has 0 radical (unpaired) electrons. The molecule has 1 aliphatic heterocycles. The van der Waals surface area contributed by atoms with Gasteiger partial charge in [0.2, 0.25) is 15.9 Å². The molecule has 6 heteroatoms. The quantitative estimate of drug-likeness (QED) is 0.893. The average molecular weight is 338 g/mol. The van der Waals surface area contributed by atoms with Crippen molar-refractivity contribution in [3.05, 3.63) is 29.8 Å². The maximum Gasteiger partial charge on any atom is 0.243 e. The molecule has 0 aliphatic carbocycles. The van der Waals surface area contributed by atoms with E-state index in [0.29, 0.717) is 19.0 Å². The van der Waals surface area contributed by atoms with Gasteiger partial charge in [-0.25, -0.2) is 8.42 Å². The Morgan fingerprint density at radius 1 is 1.17 bits per heavy atom. The van der Waals surface area contributed by atoms with E-state index in [-0.39, 0.29) is 16.7 Å². The number of nitrogens with zero attached hydrogens (tertiary/aromatic N) is 1. The van der Waals surface area contributed by atoms with Gasteiger partial charge >= 0.3 is 0 Å². The van der Waals surface area contributed by atoms with Crippen molar-refractivity contribution in [3.8, 4) is 0 Å². The van der Waals surface area contributed by atoms with E-state index in [0.717, 1.165) is 12.0 Å². The highest BCUT2D eigenvalue weighted by molar-refractivity contribution is 7.89. The smallest absolute Gasteiger partial charge is 0.243 e. The molecule has 0 bridgehead atoms. The van der Waals surface area contributed by atoms with Crippen LogP contribution in [0.5, 0.6) is 0 Å². The van der Waals surface area contributed by atoms with Crippen molar-refractivity contribution in [3.63, 3.8) is 0 Å². The van der Waals surface area contributed by atoms with Crippen molar-refractivity contribution in [1.29, 1.82) is 0 Å². The van der Waals surface area contributed by atoms with Gasteiger partial charge < -0.3 is 5.32 Å². The van der Waals surface area contributed by atoms with Crippen LogP contribution < -0.4 is 5.32 Å². The number of nitrogens with one attached hydrogen (secondary N) is 1. The van der Waals surface area contributed by atoms with E-state index >= 15 is 0 Å². The number of carbonyl (C=O) groups excluding carboxylic acids is 1. The molecule has 1 atom stereocenters. The van der Waals surface area contributed by atoms with Gasteiger partial charge in [0, 0.05) is 13.1 Å². The van der Waals surface area contributed by atoms with Crippen LogP contribution in [0.1, 0.15) is 33.3 Å². The molecule has 0 saturated carbocycles. The molecule has 0 aromatic heterocycles. The van der Waals surface area contributed by atoms with E-state index in [1.807, 2.05) is 26.0 Å². The molecule has 1 saturated heterocycles. The minimum absolute atomic E-state index is 0.0784. The van der Waals surface area contributed by atoms with Gasteiger partial charge in [-0.15, -0.1) is 0 Å². The topological polar surface area (TPSA) is 66.5 Å². The minimum atomic E-state index is -3.66. The Balaban J connectivity index is 2.31. The largest absolute Gasteiger partial charge is 0.353 e. The van der Waals surface area contributed by atoms with Gasteiger partial charge in [-0.2, -0.15) is 4.31 Å². The van der Waals surface area contributed by atoms with Gasteiger partial charge in [0.15, 0.2) is 0 Å². The van der Waals surface area contributed by atoms with Crippen LogP contribution in [0.2, 0.25) is 0 Å². The van der Waals surface area contributed by atoms with Crippen molar-refractivity contribution in [2.24, 2.45) is 11.8 Å². The number of carbonyl (C=O) groups is 1. The van der Waals surface area contributed by atoms with Gasteiger partial charge in [-0.3, -0.25) is 4.79 Å². The lowest BCUT2D eigenvalue weighted by Gasteiger charge is -2.36. The zero-order chi connectivity index (χ0) is 17.2. The molecule has 0 spiro atoms. The van der Waals surface area contributed by atoms with Gasteiger partial charge in [-0.1, -0.05) is 39.8 Å². The summed E-state index contributed by atoms with van der Waals surface area (Å²) in [5.74, 6) is 0.227. The summed E-state index contributed by atoms with van der Waals surface area (Å²) in [6.45, 7) is 8.65. The Labute approximate surface area is 139 Å². The number of hydrogen-bond donors (Lipinski definition) is 1. The van der Waals surface area contributed by atoms with E-state index < -0.39 is 16.1 Å². The molecule has 1 aromatic rings. The number of hydrogen-bond acceptors (Lipinski definition) is 3. The van der Waals surface area contributed by atoms with E-state index in [2.05, 4.69) is 19.2 Å². The van der Waals surface area contributed by atoms with Gasteiger partial charge in [0.25, 0.3) is 0 Å². The van der Waals surface area contributed by atoms with Crippen molar-refractivity contribution >= 4 is 15.9 Å². The van der Waals surface area contributed by atoms with E-state index in [1.165, 1.54) is 4.31 Å². The summed E-state index contributed by atoms with van der Waals surface area (Å²) < 4.78 is 27.2. The van der Waals surface area contributed by atoms with Crippen LogP contribution in [0.25, 0.3) is 0 Å². The predicted octanol–water partition coefficient (Wildman–Crippen LogP) is 2.03. The van der Waals surface area contributed by atoms with E-state index in [9.17, 15) is 13.2 Å². The number of rotatable bonds is 5. The highest BCUT2D eigenvalue weighted by atomic mass is 32.2. The summed E-state index contributed by atoms with van der Waals surface area (Å²) in [5, 5.41) is 2.75. The molecule has 1 heterocycles. The van der Waals surface area contributed by atoms with Crippen molar-refractivity contribution in [1.82, 2.24) is 9.62 Å². The van der Waals surface area contributed by atoms with Crippen LogP contribution in [0, 0.1) is 11.8 Å². The molecular weight excluding hydrogens is 312 g/mol. The normalized spacial score (nSPS) is 20.1. The second kappa shape index (κ2) is 7.01. The highest BCUT2D eigenvalue weighted by Gasteiger charge is 2.39. The van der Waals surface area contributed by atoms with E-state index in [1.54, 1.807) is 12.1 Å². The first-order valence-corrected chi connectivity index (χ1v) is 9.56. The monoisotopic (exact) mass is 338 g/mol.